The van der Waals surface area contributed by atoms with Crippen LogP contribution in [0.4, 0.5) is 0 Å². The molecule has 20 nitrogen and oxygen atoms in total. The van der Waals surface area contributed by atoms with Crippen molar-refractivity contribution in [3.05, 3.63) is 0 Å². The molecule has 0 saturated heterocycles. The molecule has 2 unspecified atom stereocenters. The standard InChI is InChI=1S/C30H50N4O16S2/c35-23(31-9-5-1-3-7-21(29(45)46)33(15-25(37)38)16-26(39)40)19-49-11-13-51-52-14-12-50-20-24(36)32-10-6-2-4-8-22(30(47)48)34(17-27(41)42)18-28(43)44/h21-22H,1-20H2,(H,31,35)(H,32,36)(H,37,38)(H,39,40)(H,41,42)(H,43,44)(H,45,46)(H,47,48). The van der Waals surface area contributed by atoms with Gasteiger partial charge < -0.3 is 50.7 Å². The van der Waals surface area contributed by atoms with Crippen LogP contribution in [0.15, 0.2) is 0 Å². The van der Waals surface area contributed by atoms with Crippen LogP contribution in [0.2, 0.25) is 0 Å². The van der Waals surface area contributed by atoms with Gasteiger partial charge in [0.15, 0.2) is 0 Å². The highest BCUT2D eigenvalue weighted by molar-refractivity contribution is 8.76. The Morgan fingerprint density at radius 3 is 1.12 bits per heavy atom. The Morgan fingerprint density at radius 2 is 0.827 bits per heavy atom. The Morgan fingerprint density at radius 1 is 0.500 bits per heavy atom. The second kappa shape index (κ2) is 29.8. The zero-order chi connectivity index (χ0) is 39.3. The first-order chi connectivity index (χ1) is 24.6. The molecule has 0 spiro atoms. The fourth-order valence-electron chi connectivity index (χ4n) is 4.64. The number of amides is 2. The molecule has 298 valence electrons. The van der Waals surface area contributed by atoms with Crippen LogP contribution in [0.25, 0.3) is 0 Å². The second-order valence-electron chi connectivity index (χ2n) is 11.2. The van der Waals surface area contributed by atoms with E-state index in [0.717, 1.165) is 9.80 Å². The summed E-state index contributed by atoms with van der Waals surface area (Å²) >= 11 is 0. The molecular formula is C30H50N4O16S2. The summed E-state index contributed by atoms with van der Waals surface area (Å²) in [5.41, 5.74) is 0. The zero-order valence-corrected chi connectivity index (χ0v) is 30.4. The third kappa shape index (κ3) is 27.0. The molecule has 0 bridgehead atoms. The van der Waals surface area contributed by atoms with Gasteiger partial charge >= 0.3 is 35.8 Å². The molecule has 52 heavy (non-hydrogen) atoms. The van der Waals surface area contributed by atoms with E-state index in [1.54, 1.807) is 0 Å². The molecular weight excluding hydrogens is 736 g/mol. The van der Waals surface area contributed by atoms with E-state index in [4.69, 9.17) is 29.9 Å². The fourth-order valence-corrected chi connectivity index (χ4v) is 6.36. The Hall–Kier alpha value is -3.70. The smallest absolute Gasteiger partial charge is 0.320 e. The highest BCUT2D eigenvalue weighted by Crippen LogP contribution is 2.20. The number of nitrogens with zero attached hydrogens (tertiary/aromatic N) is 2. The minimum atomic E-state index is -1.33. The third-order valence-electron chi connectivity index (χ3n) is 6.93. The maximum absolute atomic E-state index is 11.9. The lowest BCUT2D eigenvalue weighted by atomic mass is 10.1. The van der Waals surface area contributed by atoms with Gasteiger partial charge in [-0.25, -0.2) is 0 Å². The molecule has 2 atom stereocenters. The largest absolute Gasteiger partial charge is 0.480 e. The van der Waals surface area contributed by atoms with E-state index in [0.29, 0.717) is 76.3 Å². The monoisotopic (exact) mass is 786 g/mol. The Bertz CT molecular complexity index is 1030. The molecule has 0 aromatic heterocycles. The van der Waals surface area contributed by atoms with E-state index in [9.17, 15) is 48.6 Å². The minimum absolute atomic E-state index is 0.0626. The van der Waals surface area contributed by atoms with Gasteiger partial charge in [-0.05, 0) is 25.7 Å². The van der Waals surface area contributed by atoms with Crippen molar-refractivity contribution in [2.45, 2.75) is 63.5 Å². The summed E-state index contributed by atoms with van der Waals surface area (Å²) in [5, 5.41) is 59.9. The highest BCUT2D eigenvalue weighted by atomic mass is 33.1. The quantitative estimate of drug-likeness (QED) is 0.0299. The van der Waals surface area contributed by atoms with E-state index in [1.165, 1.54) is 21.6 Å². The maximum Gasteiger partial charge on any atom is 0.320 e. The van der Waals surface area contributed by atoms with Crippen LogP contribution in [-0.2, 0) is 47.8 Å². The van der Waals surface area contributed by atoms with Crippen molar-refractivity contribution in [3.8, 4) is 0 Å². The number of nitrogens with one attached hydrogen (secondary N) is 2. The molecule has 0 aromatic carbocycles. The van der Waals surface area contributed by atoms with Crippen LogP contribution in [-0.4, -0.2) is 177 Å². The molecule has 0 aromatic rings. The molecule has 0 aliphatic carbocycles. The Labute approximate surface area is 308 Å². The van der Waals surface area contributed by atoms with Gasteiger partial charge in [-0.15, -0.1) is 0 Å². The number of hydrogen-bond donors (Lipinski definition) is 8. The van der Waals surface area contributed by atoms with Crippen molar-refractivity contribution in [1.29, 1.82) is 0 Å². The number of ether oxygens (including phenoxy) is 2. The normalized spacial score (nSPS) is 12.3. The number of aliphatic carboxylic acids is 6. The van der Waals surface area contributed by atoms with Crippen molar-refractivity contribution in [1.82, 2.24) is 20.4 Å². The van der Waals surface area contributed by atoms with E-state index >= 15 is 0 Å². The molecule has 2 amide bonds. The topological polar surface area (TPSA) is 307 Å². The number of carbonyl (C=O) groups is 8. The predicted octanol–water partition coefficient (Wildman–Crippen LogP) is -0.397. The van der Waals surface area contributed by atoms with Crippen molar-refractivity contribution in [2.75, 3.05) is 77.2 Å². The average Bonchev–Trinajstić information content (AvgIpc) is 3.03. The lowest BCUT2D eigenvalue weighted by Crippen LogP contribution is -2.46. The van der Waals surface area contributed by atoms with Gasteiger partial charge in [-0.3, -0.25) is 48.2 Å². The minimum Gasteiger partial charge on any atom is -0.480 e. The molecule has 22 heteroatoms. The van der Waals surface area contributed by atoms with E-state index in [-0.39, 0.29) is 37.9 Å². The summed E-state index contributed by atoms with van der Waals surface area (Å²) in [5.74, 6) is -7.33. The van der Waals surface area contributed by atoms with Crippen LogP contribution in [0.1, 0.15) is 51.4 Å². The number of carboxylic acids is 6. The maximum atomic E-state index is 11.9. The molecule has 0 heterocycles. The SMILES string of the molecule is O=C(O)CN(CC(=O)O)C(CCCCCNC(=O)COCCSSCCOCC(=O)NCCCCCC(C(=O)O)N(CC(=O)O)CC(=O)O)C(=O)O. The molecule has 0 rings (SSSR count). The molecule has 0 fully saturated rings. The van der Waals surface area contributed by atoms with Gasteiger partial charge in [-0.2, -0.15) is 0 Å². The number of hydrogen-bond acceptors (Lipinski definition) is 14. The van der Waals surface area contributed by atoms with Gasteiger partial charge in [0.2, 0.25) is 11.8 Å². The lowest BCUT2D eigenvalue weighted by molar-refractivity contribution is -0.152. The van der Waals surface area contributed by atoms with Crippen LogP contribution < -0.4 is 10.6 Å². The van der Waals surface area contributed by atoms with Crippen LogP contribution in [0, 0.1) is 0 Å². The van der Waals surface area contributed by atoms with Crippen molar-refractivity contribution < 1.29 is 78.5 Å². The predicted molar refractivity (Wildman–Crippen MR) is 186 cm³/mol. The van der Waals surface area contributed by atoms with Crippen LogP contribution in [0.5, 0.6) is 0 Å². The third-order valence-corrected chi connectivity index (χ3v) is 9.26. The van der Waals surface area contributed by atoms with Crippen LogP contribution in [0.3, 0.4) is 0 Å². The van der Waals surface area contributed by atoms with Crippen LogP contribution >= 0.6 is 21.6 Å². The number of carbonyl (C=O) groups excluding carboxylic acids is 2. The summed E-state index contributed by atoms with van der Waals surface area (Å²) < 4.78 is 10.7. The summed E-state index contributed by atoms with van der Waals surface area (Å²) in [6.45, 7) is -1.78. The van der Waals surface area contributed by atoms with Gasteiger partial charge in [0.1, 0.15) is 25.3 Å². The molecule has 0 aliphatic heterocycles. The average molecular weight is 787 g/mol. The first-order valence-electron chi connectivity index (χ1n) is 16.4. The van der Waals surface area contributed by atoms with Gasteiger partial charge in [0.05, 0.1) is 39.4 Å². The Balaban J connectivity index is 3.86. The summed E-state index contributed by atoms with van der Waals surface area (Å²) in [4.78, 5) is 92.6. The number of rotatable bonds is 35. The summed E-state index contributed by atoms with van der Waals surface area (Å²) in [6, 6.07) is -2.50. The fraction of sp³-hybridized carbons (Fsp3) is 0.733. The van der Waals surface area contributed by atoms with E-state index < -0.39 is 74.1 Å². The molecule has 0 aliphatic rings. The molecule has 0 radical (unpaired) electrons. The second-order valence-corrected chi connectivity index (χ2v) is 13.9. The van der Waals surface area contributed by atoms with Crippen molar-refractivity contribution in [3.63, 3.8) is 0 Å². The number of carboxylic acid groups (broad SMARTS) is 6. The van der Waals surface area contributed by atoms with Gasteiger partial charge in [-0.1, -0.05) is 47.3 Å². The molecule has 8 N–H and O–H groups in total. The number of unbranched alkanes of at least 4 members (excludes halogenated alkanes) is 4. The van der Waals surface area contributed by atoms with E-state index in [1.807, 2.05) is 0 Å². The van der Waals surface area contributed by atoms with Gasteiger partial charge in [0, 0.05) is 24.6 Å². The Kier molecular flexibility index (Phi) is 27.7. The molecule has 0 saturated carbocycles. The summed E-state index contributed by atoms with van der Waals surface area (Å²) in [7, 11) is 3.01. The van der Waals surface area contributed by atoms with Gasteiger partial charge in [0.25, 0.3) is 0 Å². The first-order valence-corrected chi connectivity index (χ1v) is 18.9. The first kappa shape index (κ1) is 48.3. The van der Waals surface area contributed by atoms with Crippen molar-refractivity contribution >= 4 is 69.2 Å². The highest BCUT2D eigenvalue weighted by Gasteiger charge is 2.29. The zero-order valence-electron chi connectivity index (χ0n) is 28.8. The van der Waals surface area contributed by atoms with Crippen molar-refractivity contribution in [2.24, 2.45) is 0 Å². The van der Waals surface area contributed by atoms with E-state index in [2.05, 4.69) is 10.6 Å². The lowest BCUT2D eigenvalue weighted by Gasteiger charge is -2.25. The summed E-state index contributed by atoms with van der Waals surface area (Å²) in [6.07, 6.45) is 3.08.